The van der Waals surface area contributed by atoms with Crippen LogP contribution in [0.15, 0.2) is 59.7 Å². The average molecular weight is 404 g/mol. The van der Waals surface area contributed by atoms with Crippen LogP contribution in [0, 0.1) is 5.53 Å². The molecule has 0 aliphatic rings. The molecule has 9 heteroatoms. The highest BCUT2D eigenvalue weighted by atomic mass is 35.5. The summed E-state index contributed by atoms with van der Waals surface area (Å²) in [5.41, 5.74) is 7.75. The monoisotopic (exact) mass is 403 g/mol. The first kappa shape index (κ1) is 19.6. The van der Waals surface area contributed by atoms with Gasteiger partial charge in [0.15, 0.2) is 16.7 Å². The minimum atomic E-state index is -3.46. The van der Waals surface area contributed by atoms with Crippen molar-refractivity contribution in [3.63, 3.8) is 0 Å². The molecule has 0 radical (unpaired) electrons. The molecule has 1 heterocycles. The Balaban J connectivity index is 1.92. The van der Waals surface area contributed by atoms with E-state index in [9.17, 15) is 8.78 Å². The van der Waals surface area contributed by atoms with Crippen molar-refractivity contribution in [3.8, 4) is 5.75 Å². The van der Waals surface area contributed by atoms with Crippen LogP contribution in [0.4, 0.5) is 20.3 Å². The van der Waals surface area contributed by atoms with E-state index in [4.69, 9.17) is 21.9 Å². The van der Waals surface area contributed by atoms with Gasteiger partial charge < -0.3 is 10.1 Å². The summed E-state index contributed by atoms with van der Waals surface area (Å²) in [6.07, 6.45) is 0. The molecular formula is C19H16ClF2N5O. The number of benzene rings is 2. The van der Waals surface area contributed by atoms with E-state index in [1.807, 2.05) is 12.1 Å². The summed E-state index contributed by atoms with van der Waals surface area (Å²) < 4.78 is 34.8. The lowest BCUT2D eigenvalue weighted by Crippen LogP contribution is -2.20. The average Bonchev–Trinajstić information content (AvgIpc) is 2.72. The first-order valence-corrected chi connectivity index (χ1v) is 8.59. The molecule has 0 aliphatic heterocycles. The maximum absolute atomic E-state index is 14.8. The van der Waals surface area contributed by atoms with Crippen molar-refractivity contribution in [2.24, 2.45) is 5.11 Å². The highest BCUT2D eigenvalue weighted by Crippen LogP contribution is 2.38. The second-order valence-electron chi connectivity index (χ2n) is 5.79. The Bertz CT molecular complexity index is 968. The molecule has 3 aromatic rings. The van der Waals surface area contributed by atoms with Gasteiger partial charge in [0.25, 0.3) is 0 Å². The first-order valence-electron chi connectivity index (χ1n) is 8.21. The molecule has 2 aromatic carbocycles. The van der Waals surface area contributed by atoms with Crippen molar-refractivity contribution in [3.05, 3.63) is 76.7 Å². The molecule has 0 aliphatic carbocycles. The summed E-state index contributed by atoms with van der Waals surface area (Å²) in [4.78, 5) is 7.57. The van der Waals surface area contributed by atoms with Gasteiger partial charge in [0, 0.05) is 12.1 Å². The molecule has 2 N–H and O–H groups in total. The van der Waals surface area contributed by atoms with Crippen molar-refractivity contribution >= 4 is 23.1 Å². The van der Waals surface area contributed by atoms with E-state index in [0.29, 0.717) is 5.75 Å². The van der Waals surface area contributed by atoms with Crippen LogP contribution < -0.4 is 10.1 Å². The van der Waals surface area contributed by atoms with Crippen molar-refractivity contribution in [2.45, 2.75) is 12.5 Å². The van der Waals surface area contributed by atoms with Crippen molar-refractivity contribution in [2.75, 3.05) is 12.4 Å². The minimum absolute atomic E-state index is 0.0450. The van der Waals surface area contributed by atoms with Crippen LogP contribution in [-0.2, 0) is 12.5 Å². The smallest absolute Gasteiger partial charge is 0.331 e. The van der Waals surface area contributed by atoms with Gasteiger partial charge in [-0.2, -0.15) is 13.9 Å². The van der Waals surface area contributed by atoms with Crippen LogP contribution in [0.1, 0.15) is 17.0 Å². The number of ether oxygens (including phenoxy) is 1. The lowest BCUT2D eigenvalue weighted by Gasteiger charge is -2.17. The fourth-order valence-electron chi connectivity index (χ4n) is 2.50. The van der Waals surface area contributed by atoms with E-state index < -0.39 is 11.7 Å². The molecule has 0 fully saturated rings. The van der Waals surface area contributed by atoms with Crippen LogP contribution >= 0.6 is 11.6 Å². The molecule has 1 aromatic heterocycles. The number of hydrogen-bond donors (Lipinski definition) is 2. The van der Waals surface area contributed by atoms with Crippen LogP contribution in [0.25, 0.3) is 0 Å². The maximum atomic E-state index is 14.8. The van der Waals surface area contributed by atoms with Gasteiger partial charge in [-0.05, 0) is 17.7 Å². The number of methoxy groups -OCH3 is 1. The lowest BCUT2D eigenvalue weighted by atomic mass is 10.1. The molecule has 144 valence electrons. The molecule has 3 rings (SSSR count). The topological polar surface area (TPSA) is 83.2 Å². The Morgan fingerprint density at radius 2 is 1.79 bits per heavy atom. The minimum Gasteiger partial charge on any atom is -0.497 e. The Morgan fingerprint density at radius 3 is 2.39 bits per heavy atom. The summed E-state index contributed by atoms with van der Waals surface area (Å²) >= 11 is 5.99. The van der Waals surface area contributed by atoms with Crippen molar-refractivity contribution < 1.29 is 13.5 Å². The highest BCUT2D eigenvalue weighted by molar-refractivity contribution is 6.32. The molecule has 0 saturated carbocycles. The van der Waals surface area contributed by atoms with Crippen LogP contribution in [0.5, 0.6) is 5.75 Å². The van der Waals surface area contributed by atoms with Crippen LogP contribution in [0.2, 0.25) is 5.15 Å². The summed E-state index contributed by atoms with van der Waals surface area (Å²) in [7, 11) is 1.56. The summed E-state index contributed by atoms with van der Waals surface area (Å²) in [5.74, 6) is -3.58. The fraction of sp³-hybridized carbons (Fsp3) is 0.158. The van der Waals surface area contributed by atoms with E-state index >= 15 is 0 Å². The Hall–Kier alpha value is -3.13. The maximum Gasteiger partial charge on any atom is 0.331 e. The largest absolute Gasteiger partial charge is 0.497 e. The van der Waals surface area contributed by atoms with Gasteiger partial charge in [-0.15, -0.1) is 0 Å². The standard InChI is InChI=1S/C19H16ClF2N5O/c1-28-14-9-7-12(8-10-14)11-24-17-15(27-23)16(20)25-18(26-17)19(21,22)13-5-3-2-4-6-13/h2-10,23H,11H2,1H3,(H,24,25,26). The lowest BCUT2D eigenvalue weighted by molar-refractivity contribution is 0.0330. The molecular weight excluding hydrogens is 388 g/mol. The predicted molar refractivity (Wildman–Crippen MR) is 102 cm³/mol. The molecule has 6 nitrogen and oxygen atoms in total. The summed E-state index contributed by atoms with van der Waals surface area (Å²) in [5, 5.41) is 5.84. The zero-order chi connectivity index (χ0) is 20.1. The molecule has 0 spiro atoms. The van der Waals surface area contributed by atoms with Gasteiger partial charge in [-0.1, -0.05) is 54.1 Å². The van der Waals surface area contributed by atoms with E-state index in [-0.39, 0.29) is 28.8 Å². The zero-order valence-corrected chi connectivity index (χ0v) is 15.5. The second-order valence-corrected chi connectivity index (χ2v) is 6.15. The first-order chi connectivity index (χ1) is 13.5. The fourth-order valence-corrected chi connectivity index (χ4v) is 2.71. The SMILES string of the molecule is COc1ccc(CNc2nc(C(F)(F)c3ccccc3)nc(Cl)c2N=N)cc1. The van der Waals surface area contributed by atoms with Crippen molar-refractivity contribution in [1.82, 2.24) is 9.97 Å². The van der Waals surface area contributed by atoms with Crippen LogP contribution in [-0.4, -0.2) is 17.1 Å². The Labute approximate surface area is 165 Å². The Kier molecular flexibility index (Phi) is 5.79. The number of anilines is 1. The number of nitrogens with zero attached hydrogens (tertiary/aromatic N) is 3. The highest BCUT2D eigenvalue weighted by Gasteiger charge is 2.38. The molecule has 0 saturated heterocycles. The van der Waals surface area contributed by atoms with Gasteiger partial charge in [0.05, 0.1) is 7.11 Å². The van der Waals surface area contributed by atoms with Gasteiger partial charge in [0.1, 0.15) is 5.75 Å². The third kappa shape index (κ3) is 4.07. The molecule has 0 unspecified atom stereocenters. The molecule has 0 amide bonds. The molecule has 0 atom stereocenters. The number of nitrogens with one attached hydrogen (secondary N) is 2. The van der Waals surface area contributed by atoms with E-state index in [0.717, 1.165) is 5.56 Å². The molecule has 0 bridgehead atoms. The van der Waals surface area contributed by atoms with Crippen LogP contribution in [0.3, 0.4) is 0 Å². The Morgan fingerprint density at radius 1 is 1.11 bits per heavy atom. The molecule has 28 heavy (non-hydrogen) atoms. The van der Waals surface area contributed by atoms with E-state index in [1.165, 1.54) is 24.3 Å². The van der Waals surface area contributed by atoms with Gasteiger partial charge in [0.2, 0.25) is 5.82 Å². The van der Waals surface area contributed by atoms with Crippen molar-refractivity contribution in [1.29, 1.82) is 5.53 Å². The normalized spacial score (nSPS) is 11.1. The number of aromatic nitrogens is 2. The quantitative estimate of drug-likeness (QED) is 0.400. The third-order valence-electron chi connectivity index (χ3n) is 3.99. The van der Waals surface area contributed by atoms with Gasteiger partial charge in [-0.3, -0.25) is 0 Å². The van der Waals surface area contributed by atoms with Gasteiger partial charge in [-0.25, -0.2) is 15.5 Å². The number of rotatable bonds is 7. The van der Waals surface area contributed by atoms with Gasteiger partial charge >= 0.3 is 5.92 Å². The third-order valence-corrected chi connectivity index (χ3v) is 4.25. The predicted octanol–water partition coefficient (Wildman–Crippen LogP) is 5.55. The number of halogens is 3. The zero-order valence-electron chi connectivity index (χ0n) is 14.8. The van der Waals surface area contributed by atoms with E-state index in [2.05, 4.69) is 20.4 Å². The summed E-state index contributed by atoms with van der Waals surface area (Å²) in [6, 6.07) is 14.4. The second kappa shape index (κ2) is 8.26. The van der Waals surface area contributed by atoms with E-state index in [1.54, 1.807) is 25.3 Å². The summed E-state index contributed by atoms with van der Waals surface area (Å²) in [6.45, 7) is 0.260. The number of alkyl halides is 2. The number of hydrogen-bond acceptors (Lipinski definition) is 6.